The van der Waals surface area contributed by atoms with Crippen molar-refractivity contribution in [2.24, 2.45) is 0 Å². The minimum atomic E-state index is -0.919. The Hall–Kier alpha value is -2.97. The number of pyridine rings is 1. The third-order valence-electron chi connectivity index (χ3n) is 4.07. The molecule has 28 heavy (non-hydrogen) atoms. The maximum Gasteiger partial charge on any atom is 0.262 e. The molecule has 1 aromatic carbocycles. The van der Waals surface area contributed by atoms with Crippen LogP contribution in [-0.4, -0.2) is 15.9 Å². The number of anilines is 1. The molecule has 3 heterocycles. The standard InChI is InChI=1S/C20H13F2N3OS2/c1-11-13(9-16(28-11)20-23-7-8-27-20)12-5-6-17(24-10-12)25-19(26)18-14(21)3-2-4-15(18)22/h2-10H,1H3,(H,24,25,26). The Bertz CT molecular complexity index is 1120. The highest BCUT2D eigenvalue weighted by Gasteiger charge is 2.18. The van der Waals surface area contributed by atoms with E-state index in [1.165, 1.54) is 6.07 Å². The average Bonchev–Trinajstić information content (AvgIpc) is 3.32. The van der Waals surface area contributed by atoms with Crippen molar-refractivity contribution in [2.75, 3.05) is 5.32 Å². The molecule has 4 nitrogen and oxygen atoms in total. The Kier molecular flexibility index (Phi) is 4.97. The number of nitrogens with zero attached hydrogens (tertiary/aromatic N) is 2. The lowest BCUT2D eigenvalue weighted by Crippen LogP contribution is -2.16. The molecule has 3 aromatic heterocycles. The maximum absolute atomic E-state index is 13.7. The number of hydrogen-bond acceptors (Lipinski definition) is 5. The predicted molar refractivity (Wildman–Crippen MR) is 108 cm³/mol. The smallest absolute Gasteiger partial charge is 0.262 e. The fourth-order valence-corrected chi connectivity index (χ4v) is 4.49. The Morgan fingerprint density at radius 1 is 1.11 bits per heavy atom. The van der Waals surface area contributed by atoms with Gasteiger partial charge in [-0.15, -0.1) is 22.7 Å². The number of aromatic nitrogens is 2. The lowest BCUT2D eigenvalue weighted by Gasteiger charge is -2.07. The summed E-state index contributed by atoms with van der Waals surface area (Å²) in [5, 5.41) is 5.32. The van der Waals surface area contributed by atoms with Gasteiger partial charge in [0.25, 0.3) is 5.91 Å². The highest BCUT2D eigenvalue weighted by atomic mass is 32.1. The van der Waals surface area contributed by atoms with Gasteiger partial charge in [0.15, 0.2) is 0 Å². The van der Waals surface area contributed by atoms with Crippen molar-refractivity contribution in [3.05, 3.63) is 76.2 Å². The van der Waals surface area contributed by atoms with Crippen molar-refractivity contribution in [1.29, 1.82) is 0 Å². The lowest BCUT2D eigenvalue weighted by molar-refractivity contribution is 0.101. The van der Waals surface area contributed by atoms with Crippen LogP contribution in [0.3, 0.4) is 0 Å². The van der Waals surface area contributed by atoms with Gasteiger partial charge in [-0.2, -0.15) is 0 Å². The predicted octanol–water partition coefficient (Wildman–Crippen LogP) is 5.77. The van der Waals surface area contributed by atoms with E-state index in [1.807, 2.05) is 12.3 Å². The van der Waals surface area contributed by atoms with Gasteiger partial charge in [-0.3, -0.25) is 4.79 Å². The Morgan fingerprint density at radius 3 is 2.54 bits per heavy atom. The monoisotopic (exact) mass is 413 g/mol. The highest BCUT2D eigenvalue weighted by Crippen LogP contribution is 2.37. The number of halogens is 2. The molecule has 1 N–H and O–H groups in total. The van der Waals surface area contributed by atoms with Gasteiger partial charge in [-0.1, -0.05) is 6.07 Å². The molecule has 4 rings (SSSR count). The van der Waals surface area contributed by atoms with E-state index in [0.29, 0.717) is 0 Å². The van der Waals surface area contributed by atoms with Crippen molar-refractivity contribution < 1.29 is 13.6 Å². The molecule has 0 saturated heterocycles. The van der Waals surface area contributed by atoms with E-state index in [9.17, 15) is 13.6 Å². The van der Waals surface area contributed by atoms with Crippen molar-refractivity contribution in [2.45, 2.75) is 6.92 Å². The van der Waals surface area contributed by atoms with Crippen molar-refractivity contribution in [3.63, 3.8) is 0 Å². The first-order valence-corrected chi connectivity index (χ1v) is 9.94. The Labute approximate surface area is 167 Å². The van der Waals surface area contributed by atoms with Crippen molar-refractivity contribution in [1.82, 2.24) is 9.97 Å². The Balaban J connectivity index is 1.56. The van der Waals surface area contributed by atoms with Crippen LogP contribution >= 0.6 is 22.7 Å². The summed E-state index contributed by atoms with van der Waals surface area (Å²) in [4.78, 5) is 22.9. The molecule has 1 amide bonds. The summed E-state index contributed by atoms with van der Waals surface area (Å²) in [5.41, 5.74) is 1.28. The van der Waals surface area contributed by atoms with E-state index in [2.05, 4.69) is 21.4 Å². The molecule has 0 unspecified atom stereocenters. The zero-order chi connectivity index (χ0) is 19.7. The number of thiophene rings is 1. The largest absolute Gasteiger partial charge is 0.306 e. The van der Waals surface area contributed by atoms with Gasteiger partial charge in [0.1, 0.15) is 28.0 Å². The van der Waals surface area contributed by atoms with Gasteiger partial charge in [-0.25, -0.2) is 18.7 Å². The summed E-state index contributed by atoms with van der Waals surface area (Å²) in [7, 11) is 0. The molecule has 0 fully saturated rings. The van der Waals surface area contributed by atoms with Gasteiger partial charge in [0.2, 0.25) is 0 Å². The first kappa shape index (κ1) is 18.4. The minimum absolute atomic E-state index is 0.212. The number of carbonyl (C=O) groups excluding carboxylic acids is 1. The van der Waals surface area contributed by atoms with Crippen LogP contribution in [0.15, 0.2) is 54.2 Å². The Morgan fingerprint density at radius 2 is 1.89 bits per heavy atom. The van der Waals surface area contributed by atoms with Gasteiger partial charge in [0.05, 0.1) is 4.88 Å². The van der Waals surface area contributed by atoms with Crippen LogP contribution in [0.1, 0.15) is 15.2 Å². The molecular weight excluding hydrogens is 400 g/mol. The second-order valence-electron chi connectivity index (χ2n) is 5.90. The van der Waals surface area contributed by atoms with Gasteiger partial charge in [0, 0.05) is 28.2 Å². The first-order chi connectivity index (χ1) is 13.5. The van der Waals surface area contributed by atoms with E-state index < -0.39 is 23.1 Å². The third kappa shape index (κ3) is 3.56. The number of carbonyl (C=O) groups is 1. The van der Waals surface area contributed by atoms with Crippen LogP contribution in [0.2, 0.25) is 0 Å². The van der Waals surface area contributed by atoms with Crippen molar-refractivity contribution >= 4 is 34.4 Å². The SMILES string of the molecule is Cc1sc(-c2nccs2)cc1-c1ccc(NC(=O)c2c(F)cccc2F)nc1. The van der Waals surface area contributed by atoms with Gasteiger partial charge < -0.3 is 5.32 Å². The molecule has 0 aliphatic heterocycles. The number of aryl methyl sites for hydroxylation is 1. The second kappa shape index (κ2) is 7.57. The number of rotatable bonds is 4. The molecule has 0 aliphatic rings. The first-order valence-electron chi connectivity index (χ1n) is 8.25. The van der Waals surface area contributed by atoms with Crippen LogP contribution in [0.25, 0.3) is 21.0 Å². The zero-order valence-corrected chi connectivity index (χ0v) is 16.2. The molecule has 4 aromatic rings. The molecule has 140 valence electrons. The van der Waals surface area contributed by atoms with Crippen LogP contribution in [-0.2, 0) is 0 Å². The zero-order valence-electron chi connectivity index (χ0n) is 14.6. The molecule has 0 bridgehead atoms. The van der Waals surface area contributed by atoms with Gasteiger partial charge in [-0.05, 0) is 42.8 Å². The molecular formula is C20H13F2N3OS2. The third-order valence-corrected chi connectivity index (χ3v) is 6.06. The van der Waals surface area contributed by atoms with Crippen LogP contribution < -0.4 is 5.32 Å². The molecule has 0 saturated carbocycles. The number of thiazole rings is 1. The quantitative estimate of drug-likeness (QED) is 0.462. The summed E-state index contributed by atoms with van der Waals surface area (Å²) in [6.07, 6.45) is 3.39. The highest BCUT2D eigenvalue weighted by molar-refractivity contribution is 7.21. The number of amides is 1. The number of benzene rings is 1. The fourth-order valence-electron chi connectivity index (χ4n) is 2.74. The average molecular weight is 413 g/mol. The minimum Gasteiger partial charge on any atom is -0.306 e. The van der Waals surface area contributed by atoms with Crippen LogP contribution in [0, 0.1) is 18.6 Å². The summed E-state index contributed by atoms with van der Waals surface area (Å²) in [5.74, 6) is -2.51. The lowest BCUT2D eigenvalue weighted by atomic mass is 10.1. The summed E-state index contributed by atoms with van der Waals surface area (Å²) < 4.78 is 27.5. The van der Waals surface area contributed by atoms with E-state index in [-0.39, 0.29) is 5.82 Å². The summed E-state index contributed by atoms with van der Waals surface area (Å²) in [6, 6.07) is 8.75. The summed E-state index contributed by atoms with van der Waals surface area (Å²) >= 11 is 3.23. The molecule has 0 atom stereocenters. The summed E-state index contributed by atoms with van der Waals surface area (Å²) in [6.45, 7) is 2.02. The molecule has 0 spiro atoms. The van der Waals surface area contributed by atoms with E-state index in [1.54, 1.807) is 47.2 Å². The van der Waals surface area contributed by atoms with Crippen LogP contribution in [0.5, 0.6) is 0 Å². The van der Waals surface area contributed by atoms with E-state index >= 15 is 0 Å². The van der Waals surface area contributed by atoms with Gasteiger partial charge >= 0.3 is 0 Å². The second-order valence-corrected chi connectivity index (χ2v) is 8.05. The normalized spacial score (nSPS) is 10.8. The van der Waals surface area contributed by atoms with E-state index in [0.717, 1.165) is 38.0 Å². The molecule has 0 aliphatic carbocycles. The number of hydrogen-bond donors (Lipinski definition) is 1. The topological polar surface area (TPSA) is 54.9 Å². The number of nitrogens with one attached hydrogen (secondary N) is 1. The molecule has 8 heteroatoms. The van der Waals surface area contributed by atoms with Crippen molar-refractivity contribution in [3.8, 4) is 21.0 Å². The van der Waals surface area contributed by atoms with E-state index in [4.69, 9.17) is 0 Å². The fraction of sp³-hybridized carbons (Fsp3) is 0.0500. The molecule has 0 radical (unpaired) electrons. The van der Waals surface area contributed by atoms with Crippen LogP contribution in [0.4, 0.5) is 14.6 Å². The maximum atomic E-state index is 13.7.